The predicted molar refractivity (Wildman–Crippen MR) is 80.6 cm³/mol. The molecule has 0 radical (unpaired) electrons. The van der Waals surface area contributed by atoms with Crippen molar-refractivity contribution < 1.29 is 14.4 Å². The smallest absolute Gasteiger partial charge is 0.251 e. The number of rotatable bonds is 6. The number of anilines is 1. The van der Waals surface area contributed by atoms with Gasteiger partial charge in [-0.05, 0) is 30.2 Å². The summed E-state index contributed by atoms with van der Waals surface area (Å²) < 4.78 is 0. The average Bonchev–Trinajstić information content (AvgIpc) is 2.43. The maximum absolute atomic E-state index is 12.1. The number of hydrogen-bond donors (Lipinski definition) is 3. The summed E-state index contributed by atoms with van der Waals surface area (Å²) in [5.41, 5.74) is 6.32. The zero-order chi connectivity index (χ0) is 16.0. The van der Waals surface area contributed by atoms with E-state index in [1.54, 1.807) is 24.3 Å². The van der Waals surface area contributed by atoms with Gasteiger partial charge in [0, 0.05) is 18.2 Å². The number of carbonyl (C=O) groups excluding carboxylic acids is 3. The van der Waals surface area contributed by atoms with Gasteiger partial charge in [0.15, 0.2) is 0 Å². The van der Waals surface area contributed by atoms with E-state index in [9.17, 15) is 14.4 Å². The number of benzene rings is 1. The van der Waals surface area contributed by atoms with Gasteiger partial charge in [0.25, 0.3) is 5.91 Å². The van der Waals surface area contributed by atoms with Gasteiger partial charge in [0.1, 0.15) is 6.04 Å². The summed E-state index contributed by atoms with van der Waals surface area (Å²) >= 11 is 0. The lowest BCUT2D eigenvalue weighted by Gasteiger charge is -2.21. The molecule has 114 valence electrons. The Labute approximate surface area is 124 Å². The van der Waals surface area contributed by atoms with Crippen LogP contribution in [0.1, 0.15) is 37.6 Å². The zero-order valence-corrected chi connectivity index (χ0v) is 12.5. The number of amides is 3. The first-order chi connectivity index (χ1) is 9.85. The van der Waals surface area contributed by atoms with Gasteiger partial charge in [-0.3, -0.25) is 14.4 Å². The molecule has 1 aromatic carbocycles. The fraction of sp³-hybridized carbons (Fsp3) is 0.400. The molecule has 0 aromatic heterocycles. The third-order valence-corrected chi connectivity index (χ3v) is 3.27. The molecule has 3 amide bonds. The average molecular weight is 291 g/mol. The lowest BCUT2D eigenvalue weighted by atomic mass is 9.98. The molecule has 0 aliphatic rings. The van der Waals surface area contributed by atoms with Crippen molar-refractivity contribution in [1.82, 2.24) is 5.32 Å². The van der Waals surface area contributed by atoms with Crippen molar-refractivity contribution in [2.75, 3.05) is 5.32 Å². The first-order valence-electron chi connectivity index (χ1n) is 6.83. The van der Waals surface area contributed by atoms with Crippen molar-refractivity contribution in [3.8, 4) is 0 Å². The molecular formula is C15H21N3O3. The second-order valence-corrected chi connectivity index (χ2v) is 5.00. The molecule has 6 nitrogen and oxygen atoms in total. The molecule has 6 heteroatoms. The van der Waals surface area contributed by atoms with Crippen LogP contribution in [0.2, 0.25) is 0 Å². The Bertz CT molecular complexity index is 525. The molecule has 0 unspecified atom stereocenters. The second-order valence-electron chi connectivity index (χ2n) is 5.00. The highest BCUT2D eigenvalue weighted by atomic mass is 16.2. The van der Waals surface area contributed by atoms with Crippen molar-refractivity contribution in [3.05, 3.63) is 29.8 Å². The van der Waals surface area contributed by atoms with E-state index in [0.29, 0.717) is 11.3 Å². The Kier molecular flexibility index (Phi) is 5.90. The van der Waals surface area contributed by atoms with Crippen molar-refractivity contribution >= 4 is 23.4 Å². The molecule has 0 fully saturated rings. The standard InChI is InChI=1S/C15H21N3O3/c1-4-9(2)13(14(16)20)18-15(21)11-5-7-12(8-6-11)17-10(3)19/h5-9,13H,4H2,1-3H3,(H2,16,20)(H,17,19)(H,18,21)/t9-,13+/m1/s1. The molecule has 1 rings (SSSR count). The summed E-state index contributed by atoms with van der Waals surface area (Å²) in [6.07, 6.45) is 0.732. The van der Waals surface area contributed by atoms with Crippen LogP contribution in [0, 0.1) is 5.92 Å². The Hall–Kier alpha value is -2.37. The molecular weight excluding hydrogens is 270 g/mol. The Morgan fingerprint density at radius 1 is 1.19 bits per heavy atom. The summed E-state index contributed by atoms with van der Waals surface area (Å²) in [4.78, 5) is 34.4. The van der Waals surface area contributed by atoms with Gasteiger partial charge in [-0.2, -0.15) is 0 Å². The molecule has 0 spiro atoms. The maximum atomic E-state index is 12.1. The van der Waals surface area contributed by atoms with E-state index < -0.39 is 11.9 Å². The van der Waals surface area contributed by atoms with E-state index in [1.807, 2.05) is 13.8 Å². The predicted octanol–water partition coefficient (Wildman–Crippen LogP) is 1.27. The van der Waals surface area contributed by atoms with Gasteiger partial charge in [0.05, 0.1) is 0 Å². The van der Waals surface area contributed by atoms with E-state index >= 15 is 0 Å². The Balaban J connectivity index is 2.78. The van der Waals surface area contributed by atoms with E-state index in [0.717, 1.165) is 6.42 Å². The van der Waals surface area contributed by atoms with Gasteiger partial charge in [-0.25, -0.2) is 0 Å². The number of primary amides is 1. The molecule has 0 saturated heterocycles. The van der Waals surface area contributed by atoms with Crippen molar-refractivity contribution in [2.24, 2.45) is 11.7 Å². The van der Waals surface area contributed by atoms with E-state index in [4.69, 9.17) is 5.73 Å². The minimum Gasteiger partial charge on any atom is -0.368 e. The first kappa shape index (κ1) is 16.7. The number of carbonyl (C=O) groups is 3. The van der Waals surface area contributed by atoms with Crippen LogP contribution >= 0.6 is 0 Å². The van der Waals surface area contributed by atoms with Crippen molar-refractivity contribution in [3.63, 3.8) is 0 Å². The Morgan fingerprint density at radius 2 is 1.76 bits per heavy atom. The van der Waals surface area contributed by atoms with Crippen LogP contribution in [0.3, 0.4) is 0 Å². The molecule has 0 bridgehead atoms. The highest BCUT2D eigenvalue weighted by molar-refractivity contribution is 5.98. The van der Waals surface area contributed by atoms with Crippen LogP contribution in [0.25, 0.3) is 0 Å². The molecule has 2 atom stereocenters. The largest absolute Gasteiger partial charge is 0.368 e. The molecule has 4 N–H and O–H groups in total. The summed E-state index contributed by atoms with van der Waals surface area (Å²) in [6, 6.07) is 5.71. The number of nitrogens with one attached hydrogen (secondary N) is 2. The van der Waals surface area contributed by atoms with Gasteiger partial charge >= 0.3 is 0 Å². The summed E-state index contributed by atoms with van der Waals surface area (Å²) in [5.74, 6) is -1.14. The fourth-order valence-electron chi connectivity index (χ4n) is 1.86. The first-order valence-corrected chi connectivity index (χ1v) is 6.83. The van der Waals surface area contributed by atoms with Gasteiger partial charge in [-0.15, -0.1) is 0 Å². The topological polar surface area (TPSA) is 101 Å². The van der Waals surface area contributed by atoms with E-state index in [2.05, 4.69) is 10.6 Å². The highest BCUT2D eigenvalue weighted by Crippen LogP contribution is 2.12. The van der Waals surface area contributed by atoms with Gasteiger partial charge in [-0.1, -0.05) is 20.3 Å². The third kappa shape index (κ3) is 4.91. The van der Waals surface area contributed by atoms with Gasteiger partial charge in [0.2, 0.25) is 11.8 Å². The van der Waals surface area contributed by atoms with Gasteiger partial charge < -0.3 is 16.4 Å². The fourth-order valence-corrected chi connectivity index (χ4v) is 1.86. The molecule has 0 heterocycles. The highest BCUT2D eigenvalue weighted by Gasteiger charge is 2.23. The number of hydrogen-bond acceptors (Lipinski definition) is 3. The quantitative estimate of drug-likeness (QED) is 0.735. The Morgan fingerprint density at radius 3 is 2.19 bits per heavy atom. The lowest BCUT2D eigenvalue weighted by Crippen LogP contribution is -2.48. The van der Waals surface area contributed by atoms with E-state index in [-0.39, 0.29) is 17.7 Å². The van der Waals surface area contributed by atoms with Crippen molar-refractivity contribution in [1.29, 1.82) is 0 Å². The molecule has 0 aliphatic heterocycles. The molecule has 21 heavy (non-hydrogen) atoms. The van der Waals surface area contributed by atoms with Crippen LogP contribution in [0.15, 0.2) is 24.3 Å². The molecule has 1 aromatic rings. The normalized spacial score (nSPS) is 13.1. The second kappa shape index (κ2) is 7.42. The summed E-state index contributed by atoms with van der Waals surface area (Å²) in [7, 11) is 0. The minimum atomic E-state index is -0.697. The van der Waals surface area contributed by atoms with E-state index in [1.165, 1.54) is 6.92 Å². The maximum Gasteiger partial charge on any atom is 0.251 e. The van der Waals surface area contributed by atoms with Crippen molar-refractivity contribution in [2.45, 2.75) is 33.2 Å². The van der Waals surface area contributed by atoms with Crippen LogP contribution in [0.4, 0.5) is 5.69 Å². The minimum absolute atomic E-state index is 0.0369. The van der Waals surface area contributed by atoms with Crippen LogP contribution < -0.4 is 16.4 Å². The third-order valence-electron chi connectivity index (χ3n) is 3.27. The monoisotopic (exact) mass is 291 g/mol. The molecule has 0 saturated carbocycles. The molecule has 0 aliphatic carbocycles. The summed E-state index contributed by atoms with van der Waals surface area (Å²) in [6.45, 7) is 5.19. The summed E-state index contributed by atoms with van der Waals surface area (Å²) in [5, 5.41) is 5.26. The zero-order valence-electron chi connectivity index (χ0n) is 12.5. The van der Waals surface area contributed by atoms with Crippen LogP contribution in [0.5, 0.6) is 0 Å². The lowest BCUT2D eigenvalue weighted by molar-refractivity contribution is -0.121. The van der Waals surface area contributed by atoms with Crippen LogP contribution in [-0.2, 0) is 9.59 Å². The van der Waals surface area contributed by atoms with Crippen LogP contribution in [-0.4, -0.2) is 23.8 Å². The SMILES string of the molecule is CC[C@@H](C)[C@H](NC(=O)c1ccc(NC(C)=O)cc1)C(N)=O. The number of nitrogens with two attached hydrogens (primary N) is 1.